The summed E-state index contributed by atoms with van der Waals surface area (Å²) in [5, 5.41) is 18.5. The van der Waals surface area contributed by atoms with Crippen molar-refractivity contribution in [1.82, 2.24) is 4.98 Å². The maximum Gasteiger partial charge on any atom is 0.284 e. The second-order valence-corrected chi connectivity index (χ2v) is 7.11. The van der Waals surface area contributed by atoms with Gasteiger partial charge in [0.05, 0.1) is 11.2 Å². The van der Waals surface area contributed by atoms with Crippen LogP contribution in [0.1, 0.15) is 25.3 Å². The number of fused-ring (bicyclic) bond motifs is 2. The lowest BCUT2D eigenvalue weighted by atomic mass is 10.0. The Morgan fingerprint density at radius 2 is 2.07 bits per heavy atom. The van der Waals surface area contributed by atoms with Gasteiger partial charge in [0.1, 0.15) is 12.3 Å². The molecule has 0 radical (unpaired) electrons. The number of H-pyrrole nitrogens is 1. The van der Waals surface area contributed by atoms with Gasteiger partial charge in [-0.2, -0.15) is 0 Å². The van der Waals surface area contributed by atoms with Crippen molar-refractivity contribution in [1.29, 1.82) is 0 Å². The molecule has 2 aromatic carbocycles. The number of benzene rings is 2. The van der Waals surface area contributed by atoms with E-state index in [1.54, 1.807) is 24.3 Å². The van der Waals surface area contributed by atoms with Gasteiger partial charge in [-0.1, -0.05) is 32.0 Å². The number of aromatic hydroxyl groups is 1. The van der Waals surface area contributed by atoms with Crippen LogP contribution >= 0.6 is 0 Å². The lowest BCUT2D eigenvalue weighted by Crippen LogP contribution is -2.41. The first kappa shape index (κ1) is 18.7. The zero-order valence-corrected chi connectivity index (χ0v) is 16.0. The van der Waals surface area contributed by atoms with Gasteiger partial charge in [-0.05, 0) is 35.7 Å². The fraction of sp³-hybridized carbons (Fsp3) is 0.238. The topological polar surface area (TPSA) is 107 Å². The molecule has 2 N–H and O–H groups in total. The molecule has 0 unspecified atom stereocenters. The zero-order valence-electron chi connectivity index (χ0n) is 16.0. The van der Waals surface area contributed by atoms with Gasteiger partial charge >= 0.3 is 0 Å². The number of rotatable bonds is 4. The van der Waals surface area contributed by atoms with Gasteiger partial charge < -0.3 is 14.8 Å². The highest BCUT2D eigenvalue weighted by atomic mass is 16.5. The Balaban J connectivity index is 1.58. The smallest absolute Gasteiger partial charge is 0.284 e. The molecule has 0 saturated carbocycles. The summed E-state index contributed by atoms with van der Waals surface area (Å²) in [6.45, 7) is 3.73. The molecular weight excluding hydrogens is 372 g/mol. The summed E-state index contributed by atoms with van der Waals surface area (Å²) >= 11 is 0. The van der Waals surface area contributed by atoms with E-state index in [1.807, 2.05) is 18.2 Å². The van der Waals surface area contributed by atoms with Crippen molar-refractivity contribution in [2.24, 2.45) is 10.2 Å². The Morgan fingerprint density at radius 3 is 2.86 bits per heavy atom. The monoisotopic (exact) mass is 392 g/mol. The minimum atomic E-state index is -0.608. The first-order valence-electron chi connectivity index (χ1n) is 9.25. The van der Waals surface area contributed by atoms with Crippen molar-refractivity contribution >= 4 is 34.1 Å². The summed E-state index contributed by atoms with van der Waals surface area (Å²) in [6, 6.07) is 12.7. The minimum absolute atomic E-state index is 0.136. The number of hydrogen-bond acceptors (Lipinski definition) is 5. The van der Waals surface area contributed by atoms with Gasteiger partial charge in [0, 0.05) is 5.39 Å². The summed E-state index contributed by atoms with van der Waals surface area (Å²) in [5.74, 6) is -0.263. The van der Waals surface area contributed by atoms with E-state index in [1.165, 1.54) is 4.90 Å². The van der Waals surface area contributed by atoms with Gasteiger partial charge in [0.2, 0.25) is 5.88 Å². The molecule has 8 heteroatoms. The van der Waals surface area contributed by atoms with Crippen LogP contribution in [0.25, 0.3) is 10.9 Å². The first-order chi connectivity index (χ1) is 13.9. The summed E-state index contributed by atoms with van der Waals surface area (Å²) in [4.78, 5) is 28.7. The number of amides is 2. The van der Waals surface area contributed by atoms with Crippen molar-refractivity contribution in [3.05, 3.63) is 48.0 Å². The quantitative estimate of drug-likeness (QED) is 0.654. The molecule has 0 aliphatic carbocycles. The Bertz CT molecular complexity index is 1130. The van der Waals surface area contributed by atoms with E-state index in [0.717, 1.165) is 5.56 Å². The molecule has 0 atom stereocenters. The second kappa shape index (κ2) is 7.38. The molecule has 1 aromatic heterocycles. The Morgan fingerprint density at radius 1 is 1.28 bits per heavy atom. The van der Waals surface area contributed by atoms with Gasteiger partial charge in [0.15, 0.2) is 12.3 Å². The van der Waals surface area contributed by atoms with E-state index in [0.29, 0.717) is 28.3 Å². The molecule has 0 saturated heterocycles. The van der Waals surface area contributed by atoms with Crippen LogP contribution in [0.3, 0.4) is 0 Å². The van der Waals surface area contributed by atoms with E-state index in [4.69, 9.17) is 4.74 Å². The third kappa shape index (κ3) is 3.56. The molecule has 0 bridgehead atoms. The normalized spacial score (nSPS) is 13.9. The summed E-state index contributed by atoms with van der Waals surface area (Å²) in [5.41, 5.74) is 2.49. The van der Waals surface area contributed by atoms with Crippen molar-refractivity contribution in [2.75, 3.05) is 18.1 Å². The van der Waals surface area contributed by atoms with Gasteiger partial charge in [0.25, 0.3) is 11.8 Å². The predicted molar refractivity (Wildman–Crippen MR) is 108 cm³/mol. The average molecular weight is 392 g/mol. The highest BCUT2D eigenvalue weighted by molar-refractivity contribution is 6.02. The molecule has 4 rings (SSSR count). The third-order valence-electron chi connectivity index (χ3n) is 4.81. The van der Waals surface area contributed by atoms with Crippen molar-refractivity contribution in [2.45, 2.75) is 19.8 Å². The first-order valence-corrected chi connectivity index (χ1v) is 9.25. The lowest BCUT2D eigenvalue weighted by molar-refractivity contribution is -0.124. The number of hydrogen-bond donors (Lipinski definition) is 2. The Labute approximate surface area is 166 Å². The van der Waals surface area contributed by atoms with E-state index in [2.05, 4.69) is 29.1 Å². The molecule has 0 spiro atoms. The lowest BCUT2D eigenvalue weighted by Gasteiger charge is -2.27. The zero-order chi connectivity index (χ0) is 20.5. The molecule has 1 aliphatic rings. The molecule has 8 nitrogen and oxygen atoms in total. The maximum atomic E-state index is 12.4. The van der Waals surface area contributed by atoms with E-state index in [-0.39, 0.29) is 30.6 Å². The number of carbonyl (C=O) groups is 2. The summed E-state index contributed by atoms with van der Waals surface area (Å²) in [6.07, 6.45) is 0. The van der Waals surface area contributed by atoms with Crippen molar-refractivity contribution < 1.29 is 19.4 Å². The van der Waals surface area contributed by atoms with Crippen LogP contribution < -0.4 is 9.64 Å². The molecule has 148 valence electrons. The average Bonchev–Trinajstić information content (AvgIpc) is 3.02. The highest BCUT2D eigenvalue weighted by Crippen LogP contribution is 2.37. The number of ether oxygens (including phenoxy) is 1. The van der Waals surface area contributed by atoms with Crippen LogP contribution in [0.15, 0.2) is 52.7 Å². The molecule has 2 heterocycles. The highest BCUT2D eigenvalue weighted by Gasteiger charge is 2.27. The third-order valence-corrected chi connectivity index (χ3v) is 4.81. The molecule has 0 fully saturated rings. The standard InChI is InChI=1S/C21H20N4O4/c1-12(2)13-7-8-15-14(9-13)20(21(28)22-15)24-23-18(26)10-25-16-5-3-4-6-17(16)29-11-19(25)27/h3-9,12,22,28H,10-11H2,1-2H3. The molecule has 2 amide bonds. The van der Waals surface area contributed by atoms with Crippen LogP contribution in [0.2, 0.25) is 0 Å². The number of anilines is 1. The number of nitrogens with zero attached hydrogens (tertiary/aromatic N) is 3. The number of azo groups is 1. The molecular formula is C21H20N4O4. The number of aromatic amines is 1. The van der Waals surface area contributed by atoms with E-state index in [9.17, 15) is 14.7 Å². The summed E-state index contributed by atoms with van der Waals surface area (Å²) < 4.78 is 5.37. The van der Waals surface area contributed by atoms with Gasteiger partial charge in [-0.15, -0.1) is 10.2 Å². The molecule has 3 aromatic rings. The fourth-order valence-electron chi connectivity index (χ4n) is 3.24. The van der Waals surface area contributed by atoms with Gasteiger partial charge in [-0.25, -0.2) is 0 Å². The van der Waals surface area contributed by atoms with E-state index < -0.39 is 5.91 Å². The minimum Gasteiger partial charge on any atom is -0.493 e. The predicted octanol–water partition coefficient (Wildman–Crippen LogP) is 4.03. The van der Waals surface area contributed by atoms with Crippen molar-refractivity contribution in [3.8, 4) is 11.6 Å². The summed E-state index contributed by atoms with van der Waals surface area (Å²) in [7, 11) is 0. The van der Waals surface area contributed by atoms with Crippen LogP contribution in [-0.4, -0.2) is 35.1 Å². The van der Waals surface area contributed by atoms with Gasteiger partial charge in [-0.3, -0.25) is 14.5 Å². The number of aromatic nitrogens is 1. The fourth-order valence-corrected chi connectivity index (χ4v) is 3.24. The maximum absolute atomic E-state index is 12.4. The number of nitrogens with one attached hydrogen (secondary N) is 1. The largest absolute Gasteiger partial charge is 0.493 e. The van der Waals surface area contributed by atoms with Crippen LogP contribution in [0, 0.1) is 0 Å². The number of para-hydroxylation sites is 2. The Kier molecular flexibility index (Phi) is 4.75. The SMILES string of the molecule is CC(C)c1ccc2[nH]c(O)c(N=NC(=O)CN3C(=O)COc4ccccc43)c2c1. The van der Waals surface area contributed by atoms with Crippen molar-refractivity contribution in [3.63, 3.8) is 0 Å². The van der Waals surface area contributed by atoms with Crippen LogP contribution in [-0.2, 0) is 9.59 Å². The molecule has 29 heavy (non-hydrogen) atoms. The number of carbonyl (C=O) groups excluding carboxylic acids is 2. The van der Waals surface area contributed by atoms with Crippen LogP contribution in [0.5, 0.6) is 11.6 Å². The second-order valence-electron chi connectivity index (χ2n) is 7.11. The van der Waals surface area contributed by atoms with E-state index >= 15 is 0 Å². The van der Waals surface area contributed by atoms with Crippen LogP contribution in [0.4, 0.5) is 11.4 Å². The molecule has 1 aliphatic heterocycles. The Hall–Kier alpha value is -3.68.